The van der Waals surface area contributed by atoms with E-state index in [1.54, 1.807) is 0 Å². The standard InChI is InChI=1S/C26H31N3O2/c1-6-27-11-13-28(14-12-27)24-23(21-9-8-18(3)19(4)16-21)25(30)29(26(24)31)22-10-7-17(2)15-20(22)5/h7-10,15-16H,6,11-14H2,1-5H3. The molecule has 31 heavy (non-hydrogen) atoms. The van der Waals surface area contributed by atoms with Gasteiger partial charge in [-0.3, -0.25) is 9.59 Å². The fourth-order valence-electron chi connectivity index (χ4n) is 4.53. The Morgan fingerprint density at radius 1 is 0.774 bits per heavy atom. The molecule has 5 nitrogen and oxygen atoms in total. The highest BCUT2D eigenvalue weighted by molar-refractivity contribution is 6.45. The lowest BCUT2D eigenvalue weighted by atomic mass is 9.99. The molecule has 5 heteroatoms. The number of aryl methyl sites for hydroxylation is 4. The Morgan fingerprint density at radius 3 is 2.10 bits per heavy atom. The number of anilines is 1. The number of hydrogen-bond donors (Lipinski definition) is 0. The Labute approximate surface area is 184 Å². The number of benzene rings is 2. The third-order valence-corrected chi connectivity index (χ3v) is 6.58. The zero-order valence-electron chi connectivity index (χ0n) is 19.2. The third-order valence-electron chi connectivity index (χ3n) is 6.58. The van der Waals surface area contributed by atoms with E-state index >= 15 is 0 Å². The highest BCUT2D eigenvalue weighted by Gasteiger charge is 2.43. The van der Waals surface area contributed by atoms with Gasteiger partial charge in [-0.2, -0.15) is 0 Å². The molecule has 0 unspecified atom stereocenters. The summed E-state index contributed by atoms with van der Waals surface area (Å²) in [6.45, 7) is 14.5. The predicted octanol–water partition coefficient (Wildman–Crippen LogP) is 3.84. The second-order valence-electron chi connectivity index (χ2n) is 8.68. The van der Waals surface area contributed by atoms with E-state index in [4.69, 9.17) is 0 Å². The van der Waals surface area contributed by atoms with Gasteiger partial charge in [0.25, 0.3) is 11.8 Å². The van der Waals surface area contributed by atoms with Crippen molar-refractivity contribution in [1.29, 1.82) is 0 Å². The number of piperazine rings is 1. The first-order chi connectivity index (χ1) is 14.8. The largest absolute Gasteiger partial charge is 0.364 e. The van der Waals surface area contributed by atoms with Crippen molar-refractivity contribution >= 4 is 23.1 Å². The van der Waals surface area contributed by atoms with Crippen LogP contribution in [0.25, 0.3) is 5.57 Å². The van der Waals surface area contributed by atoms with Crippen molar-refractivity contribution in [3.05, 3.63) is 69.9 Å². The van der Waals surface area contributed by atoms with E-state index in [0.717, 1.165) is 55.0 Å². The highest BCUT2D eigenvalue weighted by atomic mass is 16.2. The fraction of sp³-hybridized carbons (Fsp3) is 0.385. The summed E-state index contributed by atoms with van der Waals surface area (Å²) >= 11 is 0. The van der Waals surface area contributed by atoms with Crippen molar-refractivity contribution in [2.24, 2.45) is 0 Å². The molecule has 2 aromatic carbocycles. The molecule has 0 aromatic heterocycles. The SMILES string of the molecule is CCN1CCN(C2=C(c3ccc(C)c(C)c3)C(=O)N(c3ccc(C)cc3C)C2=O)CC1. The molecule has 0 radical (unpaired) electrons. The van der Waals surface area contributed by atoms with E-state index in [1.165, 1.54) is 10.5 Å². The van der Waals surface area contributed by atoms with Crippen LogP contribution in [0.1, 0.15) is 34.7 Å². The Morgan fingerprint density at radius 2 is 1.48 bits per heavy atom. The van der Waals surface area contributed by atoms with Gasteiger partial charge in [0.2, 0.25) is 0 Å². The van der Waals surface area contributed by atoms with Gasteiger partial charge < -0.3 is 9.80 Å². The number of nitrogens with zero attached hydrogens (tertiary/aromatic N) is 3. The first kappa shape index (κ1) is 21.3. The van der Waals surface area contributed by atoms with Crippen LogP contribution in [0.2, 0.25) is 0 Å². The summed E-state index contributed by atoms with van der Waals surface area (Å²) in [6.07, 6.45) is 0. The lowest BCUT2D eigenvalue weighted by Gasteiger charge is -2.36. The molecule has 2 amide bonds. The Kier molecular flexibility index (Phi) is 5.71. The average molecular weight is 418 g/mol. The maximum absolute atomic E-state index is 13.7. The summed E-state index contributed by atoms with van der Waals surface area (Å²) < 4.78 is 0. The summed E-state index contributed by atoms with van der Waals surface area (Å²) in [7, 11) is 0. The lowest BCUT2D eigenvalue weighted by Crippen LogP contribution is -2.47. The van der Waals surface area contributed by atoms with Gasteiger partial charge >= 0.3 is 0 Å². The van der Waals surface area contributed by atoms with Gasteiger partial charge in [-0.05, 0) is 62.6 Å². The molecule has 0 aliphatic carbocycles. The van der Waals surface area contributed by atoms with Crippen LogP contribution in [0, 0.1) is 27.7 Å². The zero-order valence-corrected chi connectivity index (χ0v) is 19.2. The average Bonchev–Trinajstić information content (AvgIpc) is 3.00. The molecule has 2 aromatic rings. The molecule has 2 aliphatic heterocycles. The smallest absolute Gasteiger partial charge is 0.282 e. The van der Waals surface area contributed by atoms with Gasteiger partial charge in [0.05, 0.1) is 11.3 Å². The quantitative estimate of drug-likeness (QED) is 0.709. The van der Waals surface area contributed by atoms with Crippen molar-refractivity contribution in [3.63, 3.8) is 0 Å². The molecule has 162 valence electrons. The van der Waals surface area contributed by atoms with E-state index in [9.17, 15) is 9.59 Å². The first-order valence-electron chi connectivity index (χ1n) is 11.1. The molecular formula is C26H31N3O2. The molecule has 0 spiro atoms. The lowest BCUT2D eigenvalue weighted by molar-refractivity contribution is -0.120. The number of imide groups is 1. The molecule has 0 bridgehead atoms. The fourth-order valence-corrected chi connectivity index (χ4v) is 4.53. The van der Waals surface area contributed by atoms with Crippen LogP contribution in [-0.2, 0) is 9.59 Å². The van der Waals surface area contributed by atoms with Crippen LogP contribution < -0.4 is 4.90 Å². The maximum atomic E-state index is 13.7. The van der Waals surface area contributed by atoms with Crippen molar-refractivity contribution in [1.82, 2.24) is 9.80 Å². The van der Waals surface area contributed by atoms with Crippen LogP contribution in [0.5, 0.6) is 0 Å². The first-order valence-corrected chi connectivity index (χ1v) is 11.1. The number of carbonyl (C=O) groups excluding carboxylic acids is 2. The van der Waals surface area contributed by atoms with Gasteiger partial charge in [-0.15, -0.1) is 0 Å². The molecule has 0 atom stereocenters. The van der Waals surface area contributed by atoms with Crippen LogP contribution in [0.15, 0.2) is 42.1 Å². The Balaban J connectivity index is 1.82. The summed E-state index contributed by atoms with van der Waals surface area (Å²) in [6, 6.07) is 11.9. The van der Waals surface area contributed by atoms with Gasteiger partial charge in [-0.1, -0.05) is 42.8 Å². The highest BCUT2D eigenvalue weighted by Crippen LogP contribution is 2.37. The molecule has 0 saturated carbocycles. The van der Waals surface area contributed by atoms with Crippen molar-refractivity contribution in [2.75, 3.05) is 37.6 Å². The predicted molar refractivity (Wildman–Crippen MR) is 125 cm³/mol. The third kappa shape index (κ3) is 3.79. The second kappa shape index (κ2) is 8.31. The zero-order chi connectivity index (χ0) is 22.3. The number of amides is 2. The van der Waals surface area contributed by atoms with E-state index in [2.05, 4.69) is 23.6 Å². The molecule has 1 saturated heterocycles. The normalized spacial score (nSPS) is 17.8. The Bertz CT molecular complexity index is 1080. The summed E-state index contributed by atoms with van der Waals surface area (Å²) in [5, 5.41) is 0. The van der Waals surface area contributed by atoms with Crippen molar-refractivity contribution < 1.29 is 9.59 Å². The van der Waals surface area contributed by atoms with Gasteiger partial charge in [0.1, 0.15) is 5.70 Å². The van der Waals surface area contributed by atoms with Gasteiger partial charge in [0.15, 0.2) is 0 Å². The molecule has 1 fully saturated rings. The van der Waals surface area contributed by atoms with Crippen LogP contribution in [0.3, 0.4) is 0 Å². The molecule has 2 aliphatic rings. The van der Waals surface area contributed by atoms with Crippen LogP contribution in [-0.4, -0.2) is 54.3 Å². The van der Waals surface area contributed by atoms with Crippen LogP contribution >= 0.6 is 0 Å². The van der Waals surface area contributed by atoms with Crippen LogP contribution in [0.4, 0.5) is 5.69 Å². The number of rotatable bonds is 4. The molecular weight excluding hydrogens is 386 g/mol. The molecule has 0 N–H and O–H groups in total. The minimum Gasteiger partial charge on any atom is -0.364 e. The Hall–Kier alpha value is -2.92. The number of carbonyl (C=O) groups is 2. The van der Waals surface area contributed by atoms with Gasteiger partial charge in [-0.25, -0.2) is 4.90 Å². The molecule has 4 rings (SSSR count). The van der Waals surface area contributed by atoms with E-state index in [0.29, 0.717) is 17.0 Å². The summed E-state index contributed by atoms with van der Waals surface area (Å²) in [5.41, 5.74) is 6.89. The number of hydrogen-bond acceptors (Lipinski definition) is 4. The monoisotopic (exact) mass is 417 g/mol. The minimum absolute atomic E-state index is 0.213. The summed E-state index contributed by atoms with van der Waals surface area (Å²) in [4.78, 5) is 33.3. The van der Waals surface area contributed by atoms with Gasteiger partial charge in [0, 0.05) is 26.2 Å². The van der Waals surface area contributed by atoms with Crippen molar-refractivity contribution in [3.8, 4) is 0 Å². The second-order valence-corrected chi connectivity index (χ2v) is 8.68. The van der Waals surface area contributed by atoms with E-state index in [1.807, 2.05) is 57.2 Å². The maximum Gasteiger partial charge on any atom is 0.282 e. The minimum atomic E-state index is -0.229. The molecule has 2 heterocycles. The van der Waals surface area contributed by atoms with E-state index in [-0.39, 0.29) is 11.8 Å². The van der Waals surface area contributed by atoms with E-state index < -0.39 is 0 Å². The number of likely N-dealkylation sites (N-methyl/N-ethyl adjacent to an activating group) is 1. The van der Waals surface area contributed by atoms with Crippen molar-refractivity contribution in [2.45, 2.75) is 34.6 Å². The summed E-state index contributed by atoms with van der Waals surface area (Å²) in [5.74, 6) is -0.441. The topological polar surface area (TPSA) is 43.9 Å².